The molecule has 0 spiro atoms. The molecule has 0 rings (SSSR count). The van der Waals surface area contributed by atoms with Crippen LogP contribution in [-0.2, 0) is 87.2 Å². The molecule has 0 N–H and O–H groups in total. The molecule has 0 atom stereocenters. The topological polar surface area (TPSA) is 17.1 Å². The molecule has 0 bridgehead atoms. The molecular formula is H2CoFe2Li2MnNiO. The number of rotatable bonds is 0. The molecule has 0 unspecified atom stereocenters. The van der Waals surface area contributed by atoms with E-state index in [-0.39, 0.29) is 105 Å². The SMILES string of the molecule is [Co].[Fe].[LiH].[LiH].[Mn].[Ni].[O]=[Fe]. The third kappa shape index (κ3) is 55.4. The van der Waals surface area contributed by atoms with E-state index in [2.05, 4.69) is 0 Å². The van der Waals surface area contributed by atoms with Crippen molar-refractivity contribution in [3.63, 3.8) is 0 Å². The summed E-state index contributed by atoms with van der Waals surface area (Å²) in [4.78, 5) is 0. The minimum atomic E-state index is 0. The minimum absolute atomic E-state index is 0. The van der Waals surface area contributed by atoms with E-state index in [4.69, 9.17) is 3.83 Å². The van der Waals surface area contributed by atoms with Crippen LogP contribution in [-0.4, -0.2) is 37.7 Å². The third-order valence-corrected chi connectivity index (χ3v) is 0. The van der Waals surface area contributed by atoms with Crippen LogP contribution in [0.3, 0.4) is 0 Å². The van der Waals surface area contributed by atoms with Gasteiger partial charge in [0.2, 0.25) is 0 Å². The van der Waals surface area contributed by atoms with Gasteiger partial charge in [-0.25, -0.2) is 0 Å². The molecule has 52 valence electrons. The quantitative estimate of drug-likeness (QED) is 0.501. The maximum atomic E-state index is 8.00. The van der Waals surface area contributed by atoms with Crippen LogP contribution in [0.1, 0.15) is 0 Å². The number of hydrogen-bond acceptors (Lipinski definition) is 1. The summed E-state index contributed by atoms with van der Waals surface area (Å²) in [7, 11) is 0. The fourth-order valence-corrected chi connectivity index (χ4v) is 0. The molecule has 0 aliphatic rings. The monoisotopic (exact) mass is 316 g/mol. The molecule has 0 fully saturated rings. The van der Waals surface area contributed by atoms with Crippen LogP contribution in [0.25, 0.3) is 0 Å². The van der Waals surface area contributed by atoms with Gasteiger partial charge in [0.05, 0.1) is 0 Å². The fraction of sp³-hybridized carbons (Fsp3) is 0. The van der Waals surface area contributed by atoms with Crippen LogP contribution in [0.15, 0.2) is 0 Å². The van der Waals surface area contributed by atoms with E-state index < -0.39 is 0 Å². The van der Waals surface area contributed by atoms with Gasteiger partial charge in [-0.3, -0.25) is 0 Å². The van der Waals surface area contributed by atoms with Gasteiger partial charge in [0.25, 0.3) is 0 Å². The predicted molar refractivity (Wildman–Crippen MR) is 15.0 cm³/mol. The molecule has 1 nitrogen and oxygen atoms in total. The standard InChI is InChI=1S/Co.2Fe.2Li.Mn.Ni.O.2H. The Morgan fingerprint density at radius 1 is 1.00 bits per heavy atom. The van der Waals surface area contributed by atoms with E-state index in [1.54, 1.807) is 0 Å². The van der Waals surface area contributed by atoms with Crippen LogP contribution in [0.2, 0.25) is 0 Å². The van der Waals surface area contributed by atoms with Crippen molar-refractivity contribution in [2.24, 2.45) is 0 Å². The average molecular weight is 316 g/mol. The van der Waals surface area contributed by atoms with Crippen molar-refractivity contribution in [3.8, 4) is 0 Å². The zero-order valence-electron chi connectivity index (χ0n) is 2.14. The van der Waals surface area contributed by atoms with Gasteiger partial charge in [0.1, 0.15) is 0 Å². The first-order chi connectivity index (χ1) is 1.00. The summed E-state index contributed by atoms with van der Waals surface area (Å²) in [5.41, 5.74) is 0. The van der Waals surface area contributed by atoms with Crippen molar-refractivity contribution in [3.05, 3.63) is 0 Å². The van der Waals surface area contributed by atoms with E-state index >= 15 is 0 Å². The molecule has 0 aromatic heterocycles. The fourth-order valence-electron chi connectivity index (χ4n) is 0. The van der Waals surface area contributed by atoms with Crippen molar-refractivity contribution in [2.75, 3.05) is 0 Å². The Hall–Kier alpha value is 3.55. The van der Waals surface area contributed by atoms with E-state index in [0.717, 1.165) is 0 Å². The molecular weight excluding hydrogens is 314 g/mol. The van der Waals surface area contributed by atoms with Crippen molar-refractivity contribution in [1.82, 2.24) is 0 Å². The summed E-state index contributed by atoms with van der Waals surface area (Å²) in [6, 6.07) is 0. The Bertz CT molecular complexity index is 20.0. The summed E-state index contributed by atoms with van der Waals surface area (Å²) < 4.78 is 8.00. The summed E-state index contributed by atoms with van der Waals surface area (Å²) in [6.07, 6.45) is 0. The Morgan fingerprint density at radius 2 is 1.00 bits per heavy atom. The van der Waals surface area contributed by atoms with Crippen molar-refractivity contribution < 1.29 is 87.2 Å². The predicted octanol–water partition coefficient (Wildman–Crippen LogP) is -1.43. The van der Waals surface area contributed by atoms with E-state index in [0.29, 0.717) is 0 Å². The van der Waals surface area contributed by atoms with E-state index in [1.807, 2.05) is 15.9 Å². The van der Waals surface area contributed by atoms with E-state index in [1.165, 1.54) is 0 Å². The van der Waals surface area contributed by atoms with Crippen LogP contribution in [0, 0.1) is 0 Å². The molecule has 0 aliphatic heterocycles. The number of hydrogen-bond donors (Lipinski definition) is 0. The van der Waals surface area contributed by atoms with Crippen LogP contribution in [0.4, 0.5) is 0 Å². The Balaban J connectivity index is -0.000000000333. The first kappa shape index (κ1) is 62.1. The molecule has 0 saturated carbocycles. The first-order valence-corrected chi connectivity index (χ1v) is 0.595. The molecule has 0 heterocycles. The zero-order valence-corrected chi connectivity index (χ0v) is 7.56. The van der Waals surface area contributed by atoms with E-state index in [9.17, 15) is 0 Å². The second kappa shape index (κ2) is 76.3. The van der Waals surface area contributed by atoms with Gasteiger partial charge in [-0.2, -0.15) is 0 Å². The van der Waals surface area contributed by atoms with Crippen molar-refractivity contribution in [1.29, 1.82) is 0 Å². The third-order valence-electron chi connectivity index (χ3n) is 0. The molecule has 0 saturated heterocycles. The Labute approximate surface area is 123 Å². The molecule has 0 aromatic rings. The summed E-state index contributed by atoms with van der Waals surface area (Å²) in [5.74, 6) is 0. The first-order valence-electron chi connectivity index (χ1n) is 0.144. The van der Waals surface area contributed by atoms with Gasteiger partial charge < -0.3 is 0 Å². The zero-order chi connectivity index (χ0) is 2.00. The molecule has 8 heteroatoms. The second-order valence-corrected chi connectivity index (χ2v) is 0. The van der Waals surface area contributed by atoms with Gasteiger partial charge >= 0.3 is 57.5 Å². The van der Waals surface area contributed by atoms with Gasteiger partial charge in [0.15, 0.2) is 0 Å². The summed E-state index contributed by atoms with van der Waals surface area (Å²) in [5, 5.41) is 0. The van der Waals surface area contributed by atoms with Crippen LogP contribution >= 0.6 is 0 Å². The normalized spacial score (nSPS) is 0.625. The summed E-state index contributed by atoms with van der Waals surface area (Å²) >= 11 is 2.00. The summed E-state index contributed by atoms with van der Waals surface area (Å²) in [6.45, 7) is 0. The van der Waals surface area contributed by atoms with Crippen LogP contribution < -0.4 is 0 Å². The van der Waals surface area contributed by atoms with Crippen molar-refractivity contribution in [2.45, 2.75) is 0 Å². The van der Waals surface area contributed by atoms with Gasteiger partial charge in [-0.15, -0.1) is 0 Å². The van der Waals surface area contributed by atoms with Crippen molar-refractivity contribution >= 4 is 37.7 Å². The van der Waals surface area contributed by atoms with Crippen LogP contribution in [0.5, 0.6) is 0 Å². The van der Waals surface area contributed by atoms with Gasteiger partial charge in [-0.1, -0.05) is 0 Å². The molecule has 0 amide bonds. The molecule has 0 aromatic carbocycles. The molecule has 8 heavy (non-hydrogen) atoms. The second-order valence-electron chi connectivity index (χ2n) is 0. The average Bonchev–Trinajstić information content (AvgIpc) is 1.00. The molecule has 2 radical (unpaired) electrons. The van der Waals surface area contributed by atoms with Gasteiger partial charge in [-0.05, 0) is 0 Å². The Kier molecular flexibility index (Phi) is 592. The van der Waals surface area contributed by atoms with Gasteiger partial charge in [0, 0.05) is 67.4 Å². The molecule has 0 aliphatic carbocycles. The maximum absolute atomic E-state index is 8.00. The Morgan fingerprint density at radius 3 is 1.00 bits per heavy atom.